The smallest absolute Gasteiger partial charge is 0.0635 e. The highest BCUT2D eigenvalue weighted by molar-refractivity contribution is 4.81. The normalized spacial score (nSPS) is 16.2. The van der Waals surface area contributed by atoms with Crippen molar-refractivity contribution in [1.82, 2.24) is 10.2 Å². The van der Waals surface area contributed by atoms with Crippen LogP contribution in [0.1, 0.15) is 33.1 Å². The highest BCUT2D eigenvalue weighted by Gasteiger charge is 2.20. The Morgan fingerprint density at radius 2 is 2.14 bits per heavy atom. The van der Waals surface area contributed by atoms with E-state index in [1.165, 1.54) is 12.8 Å². The summed E-state index contributed by atoms with van der Waals surface area (Å²) in [5.41, 5.74) is 0. The minimum Gasteiger partial charge on any atom is -0.313 e. The molecule has 0 saturated heterocycles. The molecular weight excluding hydrogens is 174 g/mol. The van der Waals surface area contributed by atoms with Crippen LogP contribution in [0.4, 0.5) is 0 Å². The molecule has 0 unspecified atom stereocenters. The molecule has 0 heterocycles. The highest BCUT2D eigenvalue weighted by Crippen LogP contribution is 2.18. The van der Waals surface area contributed by atoms with Crippen LogP contribution in [-0.2, 0) is 0 Å². The molecule has 80 valence electrons. The standard InChI is InChI=1S/C11H21N3/c1-10(2)14(8-3-6-12)9-7-13-11-4-5-11/h10-11,13H,3-5,7-9H2,1-2H3. The first-order valence-electron chi connectivity index (χ1n) is 5.58. The molecule has 0 atom stereocenters. The van der Waals surface area contributed by atoms with E-state index < -0.39 is 0 Å². The number of nitrogens with zero attached hydrogens (tertiary/aromatic N) is 2. The molecule has 1 rings (SSSR count). The average molecular weight is 195 g/mol. The van der Waals surface area contributed by atoms with E-state index in [0.717, 1.165) is 25.7 Å². The zero-order chi connectivity index (χ0) is 10.4. The van der Waals surface area contributed by atoms with Crippen LogP contribution in [0.15, 0.2) is 0 Å². The van der Waals surface area contributed by atoms with Crippen LogP contribution in [0.5, 0.6) is 0 Å². The third-order valence-electron chi connectivity index (χ3n) is 2.65. The summed E-state index contributed by atoms with van der Waals surface area (Å²) in [6.07, 6.45) is 3.33. The van der Waals surface area contributed by atoms with Gasteiger partial charge in [0.2, 0.25) is 0 Å². The minimum atomic E-state index is 0.546. The van der Waals surface area contributed by atoms with E-state index in [2.05, 4.69) is 30.1 Å². The molecule has 0 bridgehead atoms. The number of rotatable bonds is 7. The van der Waals surface area contributed by atoms with Crippen LogP contribution in [0.25, 0.3) is 0 Å². The average Bonchev–Trinajstić information content (AvgIpc) is 2.94. The third-order valence-corrected chi connectivity index (χ3v) is 2.65. The second kappa shape index (κ2) is 6.00. The first-order chi connectivity index (χ1) is 6.74. The first kappa shape index (κ1) is 11.5. The first-order valence-corrected chi connectivity index (χ1v) is 5.58. The van der Waals surface area contributed by atoms with Crippen molar-refractivity contribution in [1.29, 1.82) is 5.26 Å². The lowest BCUT2D eigenvalue weighted by molar-refractivity contribution is 0.226. The van der Waals surface area contributed by atoms with Crippen molar-refractivity contribution in [3.05, 3.63) is 0 Å². The molecule has 1 N–H and O–H groups in total. The summed E-state index contributed by atoms with van der Waals surface area (Å²) in [7, 11) is 0. The van der Waals surface area contributed by atoms with E-state index >= 15 is 0 Å². The fourth-order valence-corrected chi connectivity index (χ4v) is 1.52. The Bertz CT molecular complexity index is 191. The molecule has 1 aliphatic carbocycles. The van der Waals surface area contributed by atoms with E-state index in [1.807, 2.05) is 0 Å². The van der Waals surface area contributed by atoms with Gasteiger partial charge in [-0.05, 0) is 26.7 Å². The van der Waals surface area contributed by atoms with Gasteiger partial charge in [0.1, 0.15) is 0 Å². The summed E-state index contributed by atoms with van der Waals surface area (Å²) in [5, 5.41) is 12.0. The van der Waals surface area contributed by atoms with Crippen molar-refractivity contribution in [2.45, 2.75) is 45.2 Å². The van der Waals surface area contributed by atoms with Gasteiger partial charge in [0.05, 0.1) is 6.07 Å². The molecule has 0 spiro atoms. The zero-order valence-corrected chi connectivity index (χ0v) is 9.29. The summed E-state index contributed by atoms with van der Waals surface area (Å²) >= 11 is 0. The summed E-state index contributed by atoms with van der Waals surface area (Å²) in [4.78, 5) is 2.36. The van der Waals surface area contributed by atoms with Gasteiger partial charge in [0.15, 0.2) is 0 Å². The molecule has 0 amide bonds. The quantitative estimate of drug-likeness (QED) is 0.666. The van der Waals surface area contributed by atoms with Crippen LogP contribution < -0.4 is 5.32 Å². The van der Waals surface area contributed by atoms with Crippen molar-refractivity contribution >= 4 is 0 Å². The lowest BCUT2D eigenvalue weighted by atomic mass is 10.3. The van der Waals surface area contributed by atoms with Gasteiger partial charge in [0.25, 0.3) is 0 Å². The molecule has 1 aliphatic rings. The Morgan fingerprint density at radius 3 is 2.64 bits per heavy atom. The van der Waals surface area contributed by atoms with Crippen LogP contribution >= 0.6 is 0 Å². The monoisotopic (exact) mass is 195 g/mol. The van der Waals surface area contributed by atoms with Crippen LogP contribution in [0.3, 0.4) is 0 Å². The molecular formula is C11H21N3. The molecule has 1 saturated carbocycles. The molecule has 0 aromatic rings. The van der Waals surface area contributed by atoms with Crippen molar-refractivity contribution in [2.75, 3.05) is 19.6 Å². The summed E-state index contributed by atoms with van der Waals surface area (Å²) < 4.78 is 0. The van der Waals surface area contributed by atoms with Gasteiger partial charge in [-0.3, -0.25) is 4.90 Å². The number of nitrogens with one attached hydrogen (secondary N) is 1. The van der Waals surface area contributed by atoms with Crippen LogP contribution in [0.2, 0.25) is 0 Å². The van der Waals surface area contributed by atoms with E-state index in [4.69, 9.17) is 5.26 Å². The van der Waals surface area contributed by atoms with Gasteiger partial charge < -0.3 is 5.32 Å². The summed E-state index contributed by atoms with van der Waals surface area (Å²) in [6, 6.07) is 3.54. The van der Waals surface area contributed by atoms with Gasteiger partial charge in [-0.2, -0.15) is 5.26 Å². The lowest BCUT2D eigenvalue weighted by Crippen LogP contribution is -2.38. The fraction of sp³-hybridized carbons (Fsp3) is 0.909. The number of hydrogen-bond acceptors (Lipinski definition) is 3. The minimum absolute atomic E-state index is 0.546. The molecule has 0 radical (unpaired) electrons. The predicted molar refractivity (Wildman–Crippen MR) is 58.0 cm³/mol. The molecule has 0 aliphatic heterocycles. The summed E-state index contributed by atoms with van der Waals surface area (Å²) in [5.74, 6) is 0. The maximum absolute atomic E-state index is 8.53. The Hall–Kier alpha value is -0.590. The van der Waals surface area contributed by atoms with Crippen LogP contribution in [0, 0.1) is 11.3 Å². The number of nitriles is 1. The largest absolute Gasteiger partial charge is 0.313 e. The van der Waals surface area contributed by atoms with E-state index in [-0.39, 0.29) is 0 Å². The van der Waals surface area contributed by atoms with E-state index in [1.54, 1.807) is 0 Å². The molecule has 0 aromatic carbocycles. The molecule has 3 heteroatoms. The number of hydrogen-bond donors (Lipinski definition) is 1. The lowest BCUT2D eigenvalue weighted by Gasteiger charge is -2.25. The predicted octanol–water partition coefficient (Wildman–Crippen LogP) is 1.36. The van der Waals surface area contributed by atoms with Crippen molar-refractivity contribution in [3.8, 4) is 6.07 Å². The Balaban J connectivity index is 2.09. The van der Waals surface area contributed by atoms with Crippen LogP contribution in [-0.4, -0.2) is 36.6 Å². The maximum atomic E-state index is 8.53. The van der Waals surface area contributed by atoms with Crippen molar-refractivity contribution < 1.29 is 0 Å². The van der Waals surface area contributed by atoms with Gasteiger partial charge in [-0.25, -0.2) is 0 Å². The molecule has 14 heavy (non-hydrogen) atoms. The SMILES string of the molecule is CC(C)N(CCC#N)CCNC1CC1. The topological polar surface area (TPSA) is 39.1 Å². The summed E-state index contributed by atoms with van der Waals surface area (Å²) in [6.45, 7) is 7.41. The molecule has 1 fully saturated rings. The maximum Gasteiger partial charge on any atom is 0.0635 e. The van der Waals surface area contributed by atoms with Gasteiger partial charge in [0, 0.05) is 38.1 Å². The zero-order valence-electron chi connectivity index (χ0n) is 9.29. The van der Waals surface area contributed by atoms with Gasteiger partial charge >= 0.3 is 0 Å². The molecule has 3 nitrogen and oxygen atoms in total. The fourth-order valence-electron chi connectivity index (χ4n) is 1.52. The van der Waals surface area contributed by atoms with Gasteiger partial charge in [-0.15, -0.1) is 0 Å². The Labute approximate surface area is 87.1 Å². The van der Waals surface area contributed by atoms with Gasteiger partial charge in [-0.1, -0.05) is 0 Å². The Morgan fingerprint density at radius 1 is 1.43 bits per heavy atom. The molecule has 0 aromatic heterocycles. The van der Waals surface area contributed by atoms with Crippen molar-refractivity contribution in [3.63, 3.8) is 0 Å². The second-order valence-electron chi connectivity index (χ2n) is 4.27. The highest BCUT2D eigenvalue weighted by atomic mass is 15.2. The Kier molecular flexibility index (Phi) is 4.92. The third kappa shape index (κ3) is 4.59. The second-order valence-corrected chi connectivity index (χ2v) is 4.27. The van der Waals surface area contributed by atoms with Crippen molar-refractivity contribution in [2.24, 2.45) is 0 Å². The van der Waals surface area contributed by atoms with E-state index in [9.17, 15) is 0 Å². The van der Waals surface area contributed by atoms with E-state index in [0.29, 0.717) is 12.5 Å².